The molecule has 4 rings (SSSR count). The maximum atomic E-state index is 13.1. The minimum Gasteiger partial charge on any atom is -0.268 e. The Morgan fingerprint density at radius 3 is 2.43 bits per heavy atom. The SMILES string of the molecule is O=C(NS(=O)(=O)Cc1cccc(C(F)(F)F)c1)c1csc(S(=O)(=O)N2CCc3ccccc3C2)c1. The third-order valence-corrected chi connectivity index (χ3v) is 9.86. The van der Waals surface area contributed by atoms with Gasteiger partial charge < -0.3 is 0 Å². The predicted molar refractivity (Wildman–Crippen MR) is 124 cm³/mol. The fourth-order valence-electron chi connectivity index (χ4n) is 3.67. The molecule has 0 fully saturated rings. The third-order valence-electron chi connectivity index (χ3n) is 5.39. The highest BCUT2D eigenvalue weighted by Gasteiger charge is 2.32. The number of carbonyl (C=O) groups excluding carboxylic acids is 1. The summed E-state index contributed by atoms with van der Waals surface area (Å²) >= 11 is 0.784. The Hall–Kier alpha value is -2.74. The van der Waals surface area contributed by atoms with E-state index >= 15 is 0 Å². The summed E-state index contributed by atoms with van der Waals surface area (Å²) in [5, 5.41) is 1.22. The summed E-state index contributed by atoms with van der Waals surface area (Å²) in [4.78, 5) is 12.5. The van der Waals surface area contributed by atoms with Gasteiger partial charge in [-0.3, -0.25) is 4.79 Å². The number of carbonyl (C=O) groups is 1. The Kier molecular flexibility index (Phi) is 6.79. The zero-order valence-electron chi connectivity index (χ0n) is 17.9. The van der Waals surface area contributed by atoms with Crippen LogP contribution in [0.1, 0.15) is 32.6 Å². The molecule has 1 aliphatic rings. The van der Waals surface area contributed by atoms with E-state index in [-0.39, 0.29) is 28.4 Å². The average molecular weight is 545 g/mol. The topological polar surface area (TPSA) is 101 Å². The standard InChI is InChI=1S/C22H19F3N2O5S3/c23-22(24,25)19-7-3-4-15(10-19)14-34(29,30)26-21(28)18-11-20(33-13-18)35(31,32)27-9-8-16-5-1-2-6-17(16)12-27/h1-7,10-11,13H,8-9,12,14H2,(H,26,28). The number of benzene rings is 2. The van der Waals surface area contributed by atoms with Gasteiger partial charge in [-0.1, -0.05) is 42.5 Å². The summed E-state index contributed by atoms with van der Waals surface area (Å²) in [5.41, 5.74) is 0.607. The smallest absolute Gasteiger partial charge is 0.268 e. The maximum absolute atomic E-state index is 13.1. The summed E-state index contributed by atoms with van der Waals surface area (Å²) in [7, 11) is -8.26. The number of hydrogen-bond donors (Lipinski definition) is 1. The molecule has 0 atom stereocenters. The molecule has 0 saturated heterocycles. The zero-order chi connectivity index (χ0) is 25.4. The molecule has 0 unspecified atom stereocenters. The lowest BCUT2D eigenvalue weighted by atomic mass is 10.0. The molecule has 2 aromatic carbocycles. The second kappa shape index (κ2) is 9.37. The molecule has 0 bridgehead atoms. The first-order chi connectivity index (χ1) is 16.3. The Labute approximate surface area is 204 Å². The van der Waals surface area contributed by atoms with E-state index in [1.165, 1.54) is 15.8 Å². The normalized spacial score (nSPS) is 14.9. The summed E-state index contributed by atoms with van der Waals surface area (Å²) in [5.74, 6) is -1.93. The summed E-state index contributed by atoms with van der Waals surface area (Å²) < 4.78 is 92.5. The highest BCUT2D eigenvalue weighted by atomic mass is 32.2. The number of sulfonamides is 2. The van der Waals surface area contributed by atoms with Gasteiger partial charge in [0.1, 0.15) is 4.21 Å². The lowest BCUT2D eigenvalue weighted by Gasteiger charge is -2.27. The minimum absolute atomic E-state index is 0.114. The molecular formula is C22H19F3N2O5S3. The van der Waals surface area contributed by atoms with Gasteiger partial charge in [0.15, 0.2) is 0 Å². The molecule has 1 aliphatic heterocycles. The van der Waals surface area contributed by atoms with E-state index in [0.717, 1.165) is 40.7 Å². The van der Waals surface area contributed by atoms with E-state index in [1.807, 2.05) is 24.3 Å². The molecule has 3 aromatic rings. The van der Waals surface area contributed by atoms with Gasteiger partial charge in [-0.25, -0.2) is 21.6 Å². The van der Waals surface area contributed by atoms with Crippen molar-refractivity contribution in [2.24, 2.45) is 0 Å². The van der Waals surface area contributed by atoms with E-state index in [2.05, 4.69) is 0 Å². The van der Waals surface area contributed by atoms with Crippen molar-refractivity contribution in [2.45, 2.75) is 29.1 Å². The number of rotatable bonds is 6. The van der Waals surface area contributed by atoms with Crippen molar-refractivity contribution in [3.63, 3.8) is 0 Å². The summed E-state index contributed by atoms with van der Waals surface area (Å²) in [6.45, 7) is 0.452. The van der Waals surface area contributed by atoms with Crippen molar-refractivity contribution < 1.29 is 34.8 Å². The number of amides is 1. The van der Waals surface area contributed by atoms with Gasteiger partial charge in [0.2, 0.25) is 10.0 Å². The molecule has 35 heavy (non-hydrogen) atoms. The first-order valence-electron chi connectivity index (χ1n) is 10.2. The van der Waals surface area contributed by atoms with E-state index in [1.54, 1.807) is 4.72 Å². The Morgan fingerprint density at radius 2 is 1.71 bits per heavy atom. The lowest BCUT2D eigenvalue weighted by Crippen LogP contribution is -2.35. The van der Waals surface area contributed by atoms with Crippen molar-refractivity contribution in [2.75, 3.05) is 6.54 Å². The van der Waals surface area contributed by atoms with Crippen molar-refractivity contribution in [3.05, 3.63) is 87.8 Å². The van der Waals surface area contributed by atoms with Gasteiger partial charge in [0.05, 0.1) is 16.9 Å². The van der Waals surface area contributed by atoms with Crippen LogP contribution in [-0.2, 0) is 44.9 Å². The van der Waals surface area contributed by atoms with Crippen LogP contribution in [0.25, 0.3) is 0 Å². The van der Waals surface area contributed by atoms with Gasteiger partial charge >= 0.3 is 6.18 Å². The van der Waals surface area contributed by atoms with E-state index in [0.29, 0.717) is 12.5 Å². The van der Waals surface area contributed by atoms with Crippen molar-refractivity contribution in [3.8, 4) is 0 Å². The molecule has 1 N–H and O–H groups in total. The van der Waals surface area contributed by atoms with Crippen molar-refractivity contribution >= 4 is 37.3 Å². The van der Waals surface area contributed by atoms with Gasteiger partial charge in [-0.05, 0) is 35.2 Å². The number of nitrogens with one attached hydrogen (secondary N) is 1. The van der Waals surface area contributed by atoms with Crippen molar-refractivity contribution in [1.82, 2.24) is 9.03 Å². The first-order valence-corrected chi connectivity index (χ1v) is 14.2. The second-order valence-corrected chi connectivity index (χ2v) is 12.7. The molecule has 0 saturated carbocycles. The van der Waals surface area contributed by atoms with Gasteiger partial charge in [0.25, 0.3) is 15.9 Å². The molecule has 1 aromatic heterocycles. The van der Waals surface area contributed by atoms with Crippen LogP contribution in [0.15, 0.2) is 64.2 Å². The van der Waals surface area contributed by atoms with Crippen LogP contribution in [0.5, 0.6) is 0 Å². The van der Waals surface area contributed by atoms with E-state index in [4.69, 9.17) is 0 Å². The fraction of sp³-hybridized carbons (Fsp3) is 0.227. The molecule has 0 aliphatic carbocycles. The highest BCUT2D eigenvalue weighted by molar-refractivity contribution is 7.91. The fourth-order valence-corrected chi connectivity index (χ4v) is 7.49. The van der Waals surface area contributed by atoms with Crippen molar-refractivity contribution in [1.29, 1.82) is 0 Å². The van der Waals surface area contributed by atoms with Gasteiger partial charge in [-0.2, -0.15) is 17.5 Å². The van der Waals surface area contributed by atoms with E-state index < -0.39 is 43.4 Å². The highest BCUT2D eigenvalue weighted by Crippen LogP contribution is 2.30. The van der Waals surface area contributed by atoms with Crippen LogP contribution in [-0.4, -0.2) is 33.6 Å². The Morgan fingerprint density at radius 1 is 1.00 bits per heavy atom. The monoisotopic (exact) mass is 544 g/mol. The molecule has 1 amide bonds. The number of thiophene rings is 1. The quantitative estimate of drug-likeness (QED) is 0.509. The number of fused-ring (bicyclic) bond motifs is 1. The van der Waals surface area contributed by atoms with Crippen LogP contribution < -0.4 is 4.72 Å². The molecule has 2 heterocycles. The van der Waals surface area contributed by atoms with E-state index in [9.17, 15) is 34.8 Å². The molecule has 13 heteroatoms. The number of alkyl halides is 3. The predicted octanol–water partition coefficient (Wildman–Crippen LogP) is 3.77. The van der Waals surface area contributed by atoms with Crippen LogP contribution in [0, 0.1) is 0 Å². The Bertz CT molecular complexity index is 1480. The Balaban J connectivity index is 1.46. The largest absolute Gasteiger partial charge is 0.416 e. The molecule has 7 nitrogen and oxygen atoms in total. The van der Waals surface area contributed by atoms with Crippen LogP contribution in [0.3, 0.4) is 0 Å². The number of nitrogens with zero attached hydrogens (tertiary/aromatic N) is 1. The molecule has 0 spiro atoms. The lowest BCUT2D eigenvalue weighted by molar-refractivity contribution is -0.137. The molecule has 186 valence electrons. The summed E-state index contributed by atoms with van der Waals surface area (Å²) in [6.07, 6.45) is -4.10. The number of hydrogen-bond acceptors (Lipinski definition) is 6. The third kappa shape index (κ3) is 5.74. The molecular weight excluding hydrogens is 525 g/mol. The maximum Gasteiger partial charge on any atom is 0.416 e. The average Bonchev–Trinajstić information content (AvgIpc) is 3.29. The zero-order valence-corrected chi connectivity index (χ0v) is 20.4. The van der Waals surface area contributed by atoms with Crippen LogP contribution >= 0.6 is 11.3 Å². The minimum atomic E-state index is -4.64. The van der Waals surface area contributed by atoms with Gasteiger partial charge in [0, 0.05) is 18.5 Å². The van der Waals surface area contributed by atoms with Crippen LogP contribution in [0.4, 0.5) is 13.2 Å². The molecule has 0 radical (unpaired) electrons. The second-order valence-electron chi connectivity index (χ2n) is 7.90. The van der Waals surface area contributed by atoms with Crippen LogP contribution in [0.2, 0.25) is 0 Å². The number of halogens is 3. The summed E-state index contributed by atoms with van der Waals surface area (Å²) in [6, 6.07) is 12.4. The first kappa shape index (κ1) is 25.4. The van der Waals surface area contributed by atoms with Gasteiger partial charge in [-0.15, -0.1) is 11.3 Å².